The van der Waals surface area contributed by atoms with Gasteiger partial charge in [0.25, 0.3) is 5.91 Å². The van der Waals surface area contributed by atoms with E-state index in [0.717, 1.165) is 3.57 Å². The number of rotatable bonds is 4. The third-order valence-electron chi connectivity index (χ3n) is 2.16. The van der Waals surface area contributed by atoms with E-state index in [4.69, 9.17) is 4.74 Å². The Bertz CT molecular complexity index is 381. The fraction of sp³-hybridized carbons (Fsp3) is 0.364. The van der Waals surface area contributed by atoms with Crippen molar-refractivity contribution in [2.24, 2.45) is 0 Å². The van der Waals surface area contributed by atoms with Crippen LogP contribution in [0.2, 0.25) is 0 Å². The lowest BCUT2D eigenvalue weighted by Crippen LogP contribution is -2.31. The number of hydrogen-bond donors (Lipinski definition) is 2. The van der Waals surface area contributed by atoms with Crippen LogP contribution in [0.25, 0.3) is 0 Å². The summed E-state index contributed by atoms with van der Waals surface area (Å²) >= 11 is 2.09. The van der Waals surface area contributed by atoms with Crippen LogP contribution >= 0.6 is 22.6 Å². The van der Waals surface area contributed by atoms with Crippen LogP contribution in [0.1, 0.15) is 17.3 Å². The molecule has 16 heavy (non-hydrogen) atoms. The fourth-order valence-corrected chi connectivity index (χ4v) is 1.60. The highest BCUT2D eigenvalue weighted by atomic mass is 127. The minimum absolute atomic E-state index is 0.0111. The first-order valence-electron chi connectivity index (χ1n) is 4.84. The lowest BCUT2D eigenvalue weighted by molar-refractivity contribution is 0.0868. The largest absolute Gasteiger partial charge is 0.507 e. The molecule has 1 unspecified atom stereocenters. The van der Waals surface area contributed by atoms with Crippen LogP contribution in [0, 0.1) is 3.57 Å². The molecule has 0 fully saturated rings. The predicted octanol–water partition coefficient (Wildman–Crippen LogP) is 1.76. The molecule has 0 aromatic heterocycles. The van der Waals surface area contributed by atoms with Gasteiger partial charge < -0.3 is 15.2 Å². The molecule has 5 heteroatoms. The number of halogens is 1. The SMILES string of the molecule is COC(C)CNC(=O)c1cc(I)ccc1O. The topological polar surface area (TPSA) is 58.6 Å². The molecule has 88 valence electrons. The van der Waals surface area contributed by atoms with Gasteiger partial charge in [0.1, 0.15) is 5.75 Å². The minimum Gasteiger partial charge on any atom is -0.507 e. The van der Waals surface area contributed by atoms with Crippen molar-refractivity contribution in [2.75, 3.05) is 13.7 Å². The van der Waals surface area contributed by atoms with Gasteiger partial charge in [-0.3, -0.25) is 4.79 Å². The van der Waals surface area contributed by atoms with Gasteiger partial charge in [-0.2, -0.15) is 0 Å². The van der Waals surface area contributed by atoms with Gasteiger partial charge in [0.05, 0.1) is 11.7 Å². The van der Waals surface area contributed by atoms with E-state index < -0.39 is 0 Å². The third kappa shape index (κ3) is 3.64. The Morgan fingerprint density at radius 2 is 2.31 bits per heavy atom. The molecule has 2 N–H and O–H groups in total. The van der Waals surface area contributed by atoms with Gasteiger partial charge in [0.15, 0.2) is 0 Å². The zero-order chi connectivity index (χ0) is 12.1. The molecule has 0 spiro atoms. The van der Waals surface area contributed by atoms with Crippen molar-refractivity contribution in [3.8, 4) is 5.75 Å². The van der Waals surface area contributed by atoms with Crippen LogP contribution in [0.4, 0.5) is 0 Å². The van der Waals surface area contributed by atoms with Crippen LogP contribution < -0.4 is 5.32 Å². The Balaban J connectivity index is 2.69. The number of ether oxygens (including phenoxy) is 1. The van der Waals surface area contributed by atoms with E-state index in [1.165, 1.54) is 6.07 Å². The summed E-state index contributed by atoms with van der Waals surface area (Å²) in [5.74, 6) is -0.303. The first-order chi connectivity index (χ1) is 7.54. The molecule has 1 aromatic carbocycles. The van der Waals surface area contributed by atoms with Crippen LogP contribution in [0.15, 0.2) is 18.2 Å². The number of hydrogen-bond acceptors (Lipinski definition) is 3. The number of phenolic OH excluding ortho intramolecular Hbond substituents is 1. The van der Waals surface area contributed by atoms with Gasteiger partial charge in [-0.15, -0.1) is 0 Å². The molecule has 4 nitrogen and oxygen atoms in total. The van der Waals surface area contributed by atoms with E-state index >= 15 is 0 Å². The molecule has 0 saturated heterocycles. The van der Waals surface area contributed by atoms with E-state index in [1.54, 1.807) is 19.2 Å². The van der Waals surface area contributed by atoms with E-state index in [0.29, 0.717) is 6.54 Å². The number of methoxy groups -OCH3 is 1. The lowest BCUT2D eigenvalue weighted by atomic mass is 10.2. The van der Waals surface area contributed by atoms with Crippen LogP contribution in [0.5, 0.6) is 5.75 Å². The maximum absolute atomic E-state index is 11.7. The summed E-state index contributed by atoms with van der Waals surface area (Å²) in [5, 5.41) is 12.2. The molecule has 0 aliphatic rings. The lowest BCUT2D eigenvalue weighted by Gasteiger charge is -2.11. The molecule has 0 aliphatic heterocycles. The monoisotopic (exact) mass is 335 g/mol. The molecule has 0 aliphatic carbocycles. The highest BCUT2D eigenvalue weighted by molar-refractivity contribution is 14.1. The van der Waals surface area contributed by atoms with Crippen molar-refractivity contribution in [1.82, 2.24) is 5.32 Å². The van der Waals surface area contributed by atoms with Crippen LogP contribution in [-0.4, -0.2) is 30.8 Å². The number of nitrogens with one attached hydrogen (secondary N) is 1. The van der Waals surface area contributed by atoms with Crippen molar-refractivity contribution < 1.29 is 14.6 Å². The van der Waals surface area contributed by atoms with E-state index in [-0.39, 0.29) is 23.3 Å². The van der Waals surface area contributed by atoms with Gasteiger partial charge in [0.2, 0.25) is 0 Å². The number of carbonyl (C=O) groups excluding carboxylic acids is 1. The van der Waals surface area contributed by atoms with Crippen LogP contribution in [-0.2, 0) is 4.74 Å². The number of aromatic hydroxyl groups is 1. The second kappa shape index (κ2) is 6.05. The van der Waals surface area contributed by atoms with Crippen molar-refractivity contribution in [3.05, 3.63) is 27.3 Å². The summed E-state index contributed by atoms with van der Waals surface area (Å²) in [4.78, 5) is 11.7. The Hall–Kier alpha value is -0.820. The fourth-order valence-electron chi connectivity index (χ4n) is 1.11. The highest BCUT2D eigenvalue weighted by Crippen LogP contribution is 2.19. The first-order valence-corrected chi connectivity index (χ1v) is 5.92. The van der Waals surface area contributed by atoms with Crippen molar-refractivity contribution in [2.45, 2.75) is 13.0 Å². The Morgan fingerprint density at radius 1 is 1.62 bits per heavy atom. The van der Waals surface area contributed by atoms with E-state index in [2.05, 4.69) is 27.9 Å². The van der Waals surface area contributed by atoms with Crippen molar-refractivity contribution >= 4 is 28.5 Å². The molecule has 0 radical (unpaired) electrons. The zero-order valence-electron chi connectivity index (χ0n) is 9.16. The van der Waals surface area contributed by atoms with Gasteiger partial charge in [-0.05, 0) is 47.7 Å². The molecular formula is C11H14INO3. The summed E-state index contributed by atoms with van der Waals surface area (Å²) in [6, 6.07) is 4.89. The van der Waals surface area contributed by atoms with Gasteiger partial charge in [-0.1, -0.05) is 0 Å². The summed E-state index contributed by atoms with van der Waals surface area (Å²) in [6.45, 7) is 2.27. The van der Waals surface area contributed by atoms with E-state index in [9.17, 15) is 9.90 Å². The quantitative estimate of drug-likeness (QED) is 0.825. The molecule has 0 heterocycles. The highest BCUT2D eigenvalue weighted by Gasteiger charge is 2.12. The minimum atomic E-state index is -0.292. The first kappa shape index (κ1) is 13.2. The Labute approximate surface area is 108 Å². The Morgan fingerprint density at radius 3 is 2.94 bits per heavy atom. The number of amides is 1. The second-order valence-corrected chi connectivity index (χ2v) is 4.66. The number of carbonyl (C=O) groups is 1. The maximum atomic E-state index is 11.7. The summed E-state index contributed by atoms with van der Waals surface area (Å²) < 4.78 is 5.91. The Kier molecular flexibility index (Phi) is 5.01. The number of phenols is 1. The summed E-state index contributed by atoms with van der Waals surface area (Å²) in [5.41, 5.74) is 0.287. The molecule has 1 aromatic rings. The predicted molar refractivity (Wildman–Crippen MR) is 69.6 cm³/mol. The average molecular weight is 335 g/mol. The van der Waals surface area contributed by atoms with Gasteiger partial charge in [0, 0.05) is 17.2 Å². The zero-order valence-corrected chi connectivity index (χ0v) is 11.3. The second-order valence-electron chi connectivity index (χ2n) is 3.42. The smallest absolute Gasteiger partial charge is 0.255 e. The molecular weight excluding hydrogens is 321 g/mol. The summed E-state index contributed by atoms with van der Waals surface area (Å²) in [7, 11) is 1.58. The van der Waals surface area contributed by atoms with Crippen molar-refractivity contribution in [3.63, 3.8) is 0 Å². The molecule has 0 bridgehead atoms. The maximum Gasteiger partial charge on any atom is 0.255 e. The standard InChI is InChI=1S/C11H14INO3/c1-7(16-2)6-13-11(15)9-5-8(12)3-4-10(9)14/h3-5,7,14H,6H2,1-2H3,(H,13,15). The average Bonchev–Trinajstić information content (AvgIpc) is 2.28. The van der Waals surface area contributed by atoms with Crippen LogP contribution in [0.3, 0.4) is 0 Å². The van der Waals surface area contributed by atoms with Gasteiger partial charge in [-0.25, -0.2) is 0 Å². The molecule has 0 saturated carbocycles. The summed E-state index contributed by atoms with van der Waals surface area (Å²) in [6.07, 6.45) is -0.0473. The molecule has 1 rings (SSSR count). The molecule has 1 atom stereocenters. The molecule has 1 amide bonds. The van der Waals surface area contributed by atoms with Gasteiger partial charge >= 0.3 is 0 Å². The third-order valence-corrected chi connectivity index (χ3v) is 2.83. The normalized spacial score (nSPS) is 12.2. The number of benzene rings is 1. The van der Waals surface area contributed by atoms with Crippen molar-refractivity contribution in [1.29, 1.82) is 0 Å². The van der Waals surface area contributed by atoms with E-state index in [1.807, 2.05) is 6.92 Å².